The zero-order chi connectivity index (χ0) is 17.2. The SMILES string of the molecule is CN[C@@]12CC=CCC1C(=O)C(C(=N)OCc1ccccc1)=C(O)C2. The Morgan fingerprint density at radius 3 is 2.83 bits per heavy atom. The number of carbonyl (C=O) groups excluding carboxylic acids is 1. The van der Waals surface area contributed by atoms with Crippen LogP contribution < -0.4 is 5.32 Å². The van der Waals surface area contributed by atoms with E-state index in [1.165, 1.54) is 0 Å². The number of ketones is 1. The molecule has 0 heterocycles. The zero-order valence-corrected chi connectivity index (χ0v) is 13.7. The van der Waals surface area contributed by atoms with Crippen LogP contribution in [0.15, 0.2) is 53.8 Å². The summed E-state index contributed by atoms with van der Waals surface area (Å²) >= 11 is 0. The number of aliphatic hydroxyl groups excluding tert-OH is 1. The molecule has 0 aromatic heterocycles. The molecule has 0 radical (unpaired) electrons. The summed E-state index contributed by atoms with van der Waals surface area (Å²) in [4.78, 5) is 12.9. The average Bonchev–Trinajstić information content (AvgIpc) is 2.60. The number of benzene rings is 1. The highest BCUT2D eigenvalue weighted by molar-refractivity contribution is 6.20. The predicted molar refractivity (Wildman–Crippen MR) is 91.9 cm³/mol. The Balaban J connectivity index is 1.79. The maximum absolute atomic E-state index is 12.9. The highest BCUT2D eigenvalue weighted by atomic mass is 16.5. The van der Waals surface area contributed by atoms with Gasteiger partial charge in [0.1, 0.15) is 17.9 Å². The molecule has 0 saturated heterocycles. The number of hydrogen-bond donors (Lipinski definition) is 3. The van der Waals surface area contributed by atoms with Crippen LogP contribution in [0.25, 0.3) is 0 Å². The molecule has 0 aliphatic heterocycles. The fraction of sp³-hybridized carbons (Fsp3) is 0.368. The van der Waals surface area contributed by atoms with Crippen LogP contribution in [0, 0.1) is 11.3 Å². The highest BCUT2D eigenvalue weighted by Gasteiger charge is 2.49. The maximum Gasteiger partial charge on any atom is 0.220 e. The number of ether oxygens (including phenoxy) is 1. The first kappa shape index (κ1) is 16.5. The van der Waals surface area contributed by atoms with Crippen molar-refractivity contribution in [1.29, 1.82) is 5.41 Å². The topological polar surface area (TPSA) is 82.4 Å². The fourth-order valence-electron chi connectivity index (χ4n) is 3.56. The molecule has 2 aliphatic carbocycles. The summed E-state index contributed by atoms with van der Waals surface area (Å²) in [6.07, 6.45) is 5.66. The molecule has 0 bridgehead atoms. The minimum Gasteiger partial charge on any atom is -0.511 e. The number of hydrogen-bond acceptors (Lipinski definition) is 5. The summed E-state index contributed by atoms with van der Waals surface area (Å²) in [5.41, 5.74) is 0.479. The maximum atomic E-state index is 12.9. The number of nitrogens with one attached hydrogen (secondary N) is 2. The summed E-state index contributed by atoms with van der Waals surface area (Å²) in [6.45, 7) is 0.200. The monoisotopic (exact) mass is 326 g/mol. The zero-order valence-electron chi connectivity index (χ0n) is 13.7. The Morgan fingerprint density at radius 1 is 1.38 bits per heavy atom. The van der Waals surface area contributed by atoms with Crippen LogP contribution >= 0.6 is 0 Å². The number of Topliss-reactive ketones (excluding diaryl/α,β-unsaturated/α-hetero) is 1. The van der Waals surface area contributed by atoms with Crippen LogP contribution in [-0.4, -0.2) is 29.4 Å². The third-order valence-electron chi connectivity index (χ3n) is 4.97. The van der Waals surface area contributed by atoms with Gasteiger partial charge < -0.3 is 15.2 Å². The first-order valence-corrected chi connectivity index (χ1v) is 8.13. The smallest absolute Gasteiger partial charge is 0.220 e. The lowest BCUT2D eigenvalue weighted by molar-refractivity contribution is -0.122. The molecule has 24 heavy (non-hydrogen) atoms. The van der Waals surface area contributed by atoms with Crippen molar-refractivity contribution in [3.63, 3.8) is 0 Å². The molecular formula is C19H22N2O3. The fourth-order valence-corrected chi connectivity index (χ4v) is 3.56. The van der Waals surface area contributed by atoms with Gasteiger partial charge in [0.25, 0.3) is 0 Å². The molecule has 0 amide bonds. The molecule has 5 heteroatoms. The van der Waals surface area contributed by atoms with Crippen LogP contribution in [-0.2, 0) is 16.1 Å². The van der Waals surface area contributed by atoms with E-state index in [0.717, 1.165) is 5.56 Å². The number of allylic oxidation sites excluding steroid dienone is 1. The van der Waals surface area contributed by atoms with E-state index in [4.69, 9.17) is 10.1 Å². The Morgan fingerprint density at radius 2 is 2.12 bits per heavy atom. The van der Waals surface area contributed by atoms with Crippen LogP contribution in [0.4, 0.5) is 0 Å². The molecular weight excluding hydrogens is 304 g/mol. The van der Waals surface area contributed by atoms with Crippen molar-refractivity contribution in [3.8, 4) is 0 Å². The summed E-state index contributed by atoms with van der Waals surface area (Å²) in [5, 5.41) is 21.8. The molecule has 1 aromatic rings. The Labute approximate surface area is 141 Å². The van der Waals surface area contributed by atoms with Gasteiger partial charge in [-0.2, -0.15) is 0 Å². The standard InChI is InChI=1S/C19H22N2O3/c1-21-19-10-6-5-9-14(19)17(23)16(15(22)11-19)18(20)24-12-13-7-3-2-4-8-13/h2-8,14,20-22H,9-12H2,1H3/t14?,19-/m1/s1. The van der Waals surface area contributed by atoms with Gasteiger partial charge in [-0.05, 0) is 25.5 Å². The van der Waals surface area contributed by atoms with E-state index in [1.54, 1.807) is 0 Å². The quantitative estimate of drug-likeness (QED) is 0.451. The van der Waals surface area contributed by atoms with E-state index in [9.17, 15) is 9.90 Å². The van der Waals surface area contributed by atoms with Gasteiger partial charge in [-0.15, -0.1) is 0 Å². The van der Waals surface area contributed by atoms with Gasteiger partial charge in [-0.25, -0.2) is 0 Å². The van der Waals surface area contributed by atoms with Gasteiger partial charge in [0.15, 0.2) is 5.78 Å². The lowest BCUT2D eigenvalue weighted by Gasteiger charge is -2.44. The minimum absolute atomic E-state index is 0.0251. The summed E-state index contributed by atoms with van der Waals surface area (Å²) < 4.78 is 5.46. The van der Waals surface area contributed by atoms with Gasteiger partial charge in [-0.3, -0.25) is 10.2 Å². The molecule has 2 atom stereocenters. The number of fused-ring (bicyclic) bond motifs is 1. The number of rotatable bonds is 4. The first-order chi connectivity index (χ1) is 11.6. The lowest BCUT2D eigenvalue weighted by atomic mass is 9.66. The van der Waals surface area contributed by atoms with Crippen LogP contribution in [0.3, 0.4) is 0 Å². The van der Waals surface area contributed by atoms with Crippen LogP contribution in [0.5, 0.6) is 0 Å². The van der Waals surface area contributed by atoms with Gasteiger partial charge in [-0.1, -0.05) is 42.5 Å². The second-order valence-electron chi connectivity index (χ2n) is 6.34. The van der Waals surface area contributed by atoms with Crippen molar-refractivity contribution in [3.05, 3.63) is 59.4 Å². The Bertz CT molecular complexity index is 709. The van der Waals surface area contributed by atoms with E-state index in [-0.39, 0.29) is 35.5 Å². The van der Waals surface area contributed by atoms with E-state index < -0.39 is 5.54 Å². The van der Waals surface area contributed by atoms with Crippen molar-refractivity contribution in [2.75, 3.05) is 7.05 Å². The third kappa shape index (κ3) is 2.87. The largest absolute Gasteiger partial charge is 0.511 e. The molecule has 5 nitrogen and oxygen atoms in total. The highest BCUT2D eigenvalue weighted by Crippen LogP contribution is 2.41. The molecule has 3 rings (SSSR count). The van der Waals surface area contributed by atoms with Crippen molar-refractivity contribution >= 4 is 11.7 Å². The number of aliphatic hydroxyl groups is 1. The number of carbonyl (C=O) groups is 1. The molecule has 1 aromatic carbocycles. The second kappa shape index (κ2) is 6.61. The third-order valence-corrected chi connectivity index (χ3v) is 4.97. The van der Waals surface area contributed by atoms with Crippen molar-refractivity contribution < 1.29 is 14.6 Å². The van der Waals surface area contributed by atoms with Crippen molar-refractivity contribution in [1.82, 2.24) is 5.32 Å². The molecule has 0 saturated carbocycles. The van der Waals surface area contributed by atoms with Gasteiger partial charge in [0.05, 0.1) is 0 Å². The van der Waals surface area contributed by atoms with Crippen molar-refractivity contribution in [2.24, 2.45) is 5.92 Å². The minimum atomic E-state index is -0.459. The molecule has 126 valence electrons. The molecule has 0 fully saturated rings. The van der Waals surface area contributed by atoms with Crippen LogP contribution in [0.1, 0.15) is 24.8 Å². The second-order valence-corrected chi connectivity index (χ2v) is 6.34. The molecule has 0 spiro atoms. The average molecular weight is 326 g/mol. The summed E-state index contributed by atoms with van der Waals surface area (Å²) in [5.74, 6) is -0.797. The lowest BCUT2D eigenvalue weighted by Crippen LogP contribution is -2.56. The van der Waals surface area contributed by atoms with Gasteiger partial charge in [0.2, 0.25) is 5.90 Å². The van der Waals surface area contributed by atoms with Gasteiger partial charge in [0, 0.05) is 17.9 Å². The Kier molecular flexibility index (Phi) is 4.53. The van der Waals surface area contributed by atoms with E-state index >= 15 is 0 Å². The Hall–Kier alpha value is -2.40. The van der Waals surface area contributed by atoms with E-state index in [2.05, 4.69) is 5.32 Å². The van der Waals surface area contributed by atoms with Crippen molar-refractivity contribution in [2.45, 2.75) is 31.4 Å². The first-order valence-electron chi connectivity index (χ1n) is 8.13. The summed E-state index contributed by atoms with van der Waals surface area (Å²) in [6, 6.07) is 9.47. The molecule has 1 unspecified atom stereocenters. The van der Waals surface area contributed by atoms with Gasteiger partial charge >= 0.3 is 0 Å². The summed E-state index contributed by atoms with van der Waals surface area (Å²) in [7, 11) is 1.81. The molecule has 2 aliphatic rings. The molecule has 3 N–H and O–H groups in total. The predicted octanol–water partition coefficient (Wildman–Crippen LogP) is 2.89. The normalized spacial score (nSPS) is 26.2. The van der Waals surface area contributed by atoms with E-state index in [0.29, 0.717) is 19.3 Å². The van der Waals surface area contributed by atoms with Crippen LogP contribution in [0.2, 0.25) is 0 Å². The van der Waals surface area contributed by atoms with E-state index in [1.807, 2.05) is 49.5 Å².